The van der Waals surface area contributed by atoms with Crippen molar-refractivity contribution in [1.82, 2.24) is 15.3 Å². The van der Waals surface area contributed by atoms with E-state index in [0.29, 0.717) is 23.4 Å². The third kappa shape index (κ3) is 5.33. The average molecular weight is 352 g/mol. The molecule has 0 saturated heterocycles. The van der Waals surface area contributed by atoms with Gasteiger partial charge < -0.3 is 10.1 Å². The molecule has 1 aromatic rings. The Labute approximate surface area is 148 Å². The molecule has 3 rings (SSSR count). The fraction of sp³-hybridized carbons (Fsp3) is 0.722. The summed E-state index contributed by atoms with van der Waals surface area (Å²) in [5, 5.41) is 3.72. The van der Waals surface area contributed by atoms with Gasteiger partial charge in [0.1, 0.15) is 6.10 Å². The fourth-order valence-corrected chi connectivity index (χ4v) is 3.87. The van der Waals surface area contributed by atoms with Gasteiger partial charge in [-0.05, 0) is 44.4 Å². The summed E-state index contributed by atoms with van der Waals surface area (Å²) in [5.41, 5.74) is 0. The summed E-state index contributed by atoms with van der Waals surface area (Å²) in [7, 11) is 0. The number of amides is 1. The van der Waals surface area contributed by atoms with E-state index in [4.69, 9.17) is 16.3 Å². The van der Waals surface area contributed by atoms with E-state index in [-0.39, 0.29) is 18.1 Å². The van der Waals surface area contributed by atoms with Crippen LogP contribution in [-0.4, -0.2) is 28.0 Å². The van der Waals surface area contributed by atoms with Crippen LogP contribution in [0.4, 0.5) is 0 Å². The molecule has 0 atom stereocenters. The van der Waals surface area contributed by atoms with E-state index in [1.807, 2.05) is 0 Å². The zero-order valence-corrected chi connectivity index (χ0v) is 14.8. The zero-order valence-electron chi connectivity index (χ0n) is 14.0. The van der Waals surface area contributed by atoms with Gasteiger partial charge in [0, 0.05) is 12.5 Å². The summed E-state index contributed by atoms with van der Waals surface area (Å²) in [6.45, 7) is 0. The predicted molar refractivity (Wildman–Crippen MR) is 93.0 cm³/mol. The molecule has 6 heteroatoms. The van der Waals surface area contributed by atoms with E-state index in [1.54, 1.807) is 12.4 Å². The van der Waals surface area contributed by atoms with Gasteiger partial charge in [0.05, 0.1) is 17.4 Å². The first-order valence-electron chi connectivity index (χ1n) is 9.12. The lowest BCUT2D eigenvalue weighted by molar-refractivity contribution is -0.123. The summed E-state index contributed by atoms with van der Waals surface area (Å²) in [6.07, 6.45) is 14.0. The number of carbonyl (C=O) groups is 1. The monoisotopic (exact) mass is 351 g/mol. The molecule has 0 spiro atoms. The van der Waals surface area contributed by atoms with Crippen molar-refractivity contribution in [2.24, 2.45) is 5.92 Å². The first-order valence-corrected chi connectivity index (χ1v) is 9.50. The standard InChI is InChI=1S/C18H26ClN3O2/c19-14-11-20-18(21-12-14)24-16-8-6-15(7-9-16)22-17(23)10-13-4-2-1-3-5-13/h11-13,15-16H,1-10H2,(H,22,23). The number of aromatic nitrogens is 2. The molecular weight excluding hydrogens is 326 g/mol. The molecule has 1 heterocycles. The smallest absolute Gasteiger partial charge is 0.316 e. The van der Waals surface area contributed by atoms with Crippen LogP contribution < -0.4 is 10.1 Å². The van der Waals surface area contributed by atoms with E-state index in [1.165, 1.54) is 32.1 Å². The number of hydrogen-bond donors (Lipinski definition) is 1. The zero-order chi connectivity index (χ0) is 16.8. The van der Waals surface area contributed by atoms with Crippen LogP contribution in [-0.2, 0) is 4.79 Å². The Morgan fingerprint density at radius 1 is 1.08 bits per heavy atom. The summed E-state index contributed by atoms with van der Waals surface area (Å²) in [6, 6.07) is 0.663. The van der Waals surface area contributed by atoms with Crippen LogP contribution >= 0.6 is 11.6 Å². The molecule has 0 unspecified atom stereocenters. The maximum Gasteiger partial charge on any atom is 0.316 e. The topological polar surface area (TPSA) is 64.1 Å². The number of nitrogens with one attached hydrogen (secondary N) is 1. The van der Waals surface area contributed by atoms with Crippen LogP contribution in [0.5, 0.6) is 6.01 Å². The number of ether oxygens (including phenoxy) is 1. The van der Waals surface area contributed by atoms with Crippen molar-refractivity contribution in [3.63, 3.8) is 0 Å². The van der Waals surface area contributed by atoms with E-state index in [0.717, 1.165) is 25.7 Å². The van der Waals surface area contributed by atoms with Gasteiger partial charge in [-0.3, -0.25) is 4.79 Å². The minimum absolute atomic E-state index is 0.123. The normalized spacial score (nSPS) is 25.2. The van der Waals surface area contributed by atoms with Gasteiger partial charge in [-0.15, -0.1) is 0 Å². The van der Waals surface area contributed by atoms with Crippen molar-refractivity contribution >= 4 is 17.5 Å². The average Bonchev–Trinajstić information content (AvgIpc) is 2.59. The Bertz CT molecular complexity index is 524. The van der Waals surface area contributed by atoms with E-state index < -0.39 is 0 Å². The highest BCUT2D eigenvalue weighted by atomic mass is 35.5. The molecule has 2 fully saturated rings. The Balaban J connectivity index is 1.37. The molecule has 132 valence electrons. The largest absolute Gasteiger partial charge is 0.460 e. The molecule has 24 heavy (non-hydrogen) atoms. The Morgan fingerprint density at radius 3 is 2.42 bits per heavy atom. The van der Waals surface area contributed by atoms with Gasteiger partial charge >= 0.3 is 6.01 Å². The first kappa shape index (κ1) is 17.5. The van der Waals surface area contributed by atoms with E-state index >= 15 is 0 Å². The third-order valence-corrected chi connectivity index (χ3v) is 5.30. The second-order valence-electron chi connectivity index (χ2n) is 7.05. The summed E-state index contributed by atoms with van der Waals surface area (Å²) in [5.74, 6) is 0.827. The summed E-state index contributed by atoms with van der Waals surface area (Å²) in [4.78, 5) is 20.3. The molecule has 1 amide bonds. The fourth-order valence-electron chi connectivity index (χ4n) is 3.78. The van der Waals surface area contributed by atoms with Crippen LogP contribution in [0.2, 0.25) is 5.02 Å². The van der Waals surface area contributed by atoms with Crippen molar-refractivity contribution in [1.29, 1.82) is 0 Å². The summed E-state index contributed by atoms with van der Waals surface area (Å²) >= 11 is 5.77. The van der Waals surface area contributed by atoms with Crippen LogP contribution in [0.15, 0.2) is 12.4 Å². The second-order valence-corrected chi connectivity index (χ2v) is 7.49. The van der Waals surface area contributed by atoms with Crippen molar-refractivity contribution in [2.75, 3.05) is 0 Å². The summed E-state index contributed by atoms with van der Waals surface area (Å²) < 4.78 is 5.79. The molecule has 1 aromatic heterocycles. The Kier molecular flexibility index (Phi) is 6.30. The molecule has 0 aliphatic heterocycles. The molecule has 0 radical (unpaired) electrons. The van der Waals surface area contributed by atoms with Gasteiger partial charge in [0.25, 0.3) is 0 Å². The lowest BCUT2D eigenvalue weighted by Gasteiger charge is -2.29. The highest BCUT2D eigenvalue weighted by molar-refractivity contribution is 6.30. The molecule has 2 saturated carbocycles. The van der Waals surface area contributed by atoms with Crippen LogP contribution in [0.3, 0.4) is 0 Å². The van der Waals surface area contributed by atoms with Gasteiger partial charge in [-0.2, -0.15) is 0 Å². The van der Waals surface area contributed by atoms with Gasteiger partial charge in [-0.1, -0.05) is 30.9 Å². The van der Waals surface area contributed by atoms with E-state index in [2.05, 4.69) is 15.3 Å². The highest BCUT2D eigenvalue weighted by Gasteiger charge is 2.25. The lowest BCUT2D eigenvalue weighted by atomic mass is 9.86. The molecule has 1 N–H and O–H groups in total. The number of nitrogens with zero attached hydrogens (tertiary/aromatic N) is 2. The van der Waals surface area contributed by atoms with Crippen molar-refractivity contribution < 1.29 is 9.53 Å². The van der Waals surface area contributed by atoms with Gasteiger partial charge in [0.2, 0.25) is 5.91 Å². The first-order chi connectivity index (χ1) is 11.7. The molecule has 2 aliphatic rings. The number of hydrogen-bond acceptors (Lipinski definition) is 4. The minimum Gasteiger partial charge on any atom is -0.460 e. The predicted octanol–water partition coefficient (Wildman–Crippen LogP) is 3.91. The SMILES string of the molecule is O=C(CC1CCCCC1)NC1CCC(Oc2ncc(Cl)cn2)CC1. The Hall–Kier alpha value is -1.36. The molecule has 0 aromatic carbocycles. The van der Waals surface area contributed by atoms with Gasteiger partial charge in [0.15, 0.2) is 0 Å². The molecule has 2 aliphatic carbocycles. The quantitative estimate of drug-likeness (QED) is 0.873. The molecule has 0 bridgehead atoms. The third-order valence-electron chi connectivity index (χ3n) is 5.11. The number of halogens is 1. The number of rotatable bonds is 5. The molecular formula is C18H26ClN3O2. The van der Waals surface area contributed by atoms with Crippen LogP contribution in [0, 0.1) is 5.92 Å². The number of carbonyl (C=O) groups excluding carboxylic acids is 1. The van der Waals surface area contributed by atoms with Crippen molar-refractivity contribution in [2.45, 2.75) is 76.4 Å². The van der Waals surface area contributed by atoms with Gasteiger partial charge in [-0.25, -0.2) is 9.97 Å². The maximum atomic E-state index is 12.2. The lowest BCUT2D eigenvalue weighted by Crippen LogP contribution is -2.40. The van der Waals surface area contributed by atoms with Crippen LogP contribution in [0.1, 0.15) is 64.2 Å². The molecule has 5 nitrogen and oxygen atoms in total. The van der Waals surface area contributed by atoms with E-state index in [9.17, 15) is 4.79 Å². The minimum atomic E-state index is 0.123. The van der Waals surface area contributed by atoms with Crippen LogP contribution in [0.25, 0.3) is 0 Å². The maximum absolute atomic E-state index is 12.2. The van der Waals surface area contributed by atoms with Crippen molar-refractivity contribution in [3.05, 3.63) is 17.4 Å². The second kappa shape index (κ2) is 8.65. The highest BCUT2D eigenvalue weighted by Crippen LogP contribution is 2.27. The Morgan fingerprint density at radius 2 is 1.75 bits per heavy atom. The van der Waals surface area contributed by atoms with Crippen molar-refractivity contribution in [3.8, 4) is 6.01 Å².